The predicted octanol–water partition coefficient (Wildman–Crippen LogP) is 1.44. The first-order valence-electron chi connectivity index (χ1n) is 6.67. The van der Waals surface area contributed by atoms with Crippen molar-refractivity contribution in [2.75, 3.05) is 31.7 Å². The Morgan fingerprint density at radius 3 is 2.80 bits per heavy atom. The fraction of sp³-hybridized carbons (Fsp3) is 0.500. The molecule has 0 radical (unpaired) electrons. The van der Waals surface area contributed by atoms with Crippen molar-refractivity contribution in [3.05, 3.63) is 24.0 Å². The molecule has 20 heavy (non-hydrogen) atoms. The number of carbonyl (C=O) groups is 1. The van der Waals surface area contributed by atoms with Crippen LogP contribution < -0.4 is 4.90 Å². The lowest BCUT2D eigenvalue weighted by Crippen LogP contribution is -2.24. The molecule has 2 rings (SSSR count). The Balaban J connectivity index is 1.76. The molecule has 1 aliphatic carbocycles. The van der Waals surface area contributed by atoms with E-state index >= 15 is 0 Å². The summed E-state index contributed by atoms with van der Waals surface area (Å²) < 4.78 is 5.56. The summed E-state index contributed by atoms with van der Waals surface area (Å²) in [4.78, 5) is 20.7. The van der Waals surface area contributed by atoms with Crippen molar-refractivity contribution in [2.45, 2.75) is 12.8 Å². The zero-order valence-corrected chi connectivity index (χ0v) is 11.5. The Morgan fingerprint density at radius 1 is 1.50 bits per heavy atom. The lowest BCUT2D eigenvalue weighted by molar-refractivity contribution is -0.131. The van der Waals surface area contributed by atoms with Crippen LogP contribution in [0.1, 0.15) is 18.4 Å². The number of carboxylic acid groups (broad SMARTS) is 1. The van der Waals surface area contributed by atoms with E-state index in [0.29, 0.717) is 18.1 Å². The summed E-state index contributed by atoms with van der Waals surface area (Å²) in [6, 6.07) is 0. The average Bonchev–Trinajstić information content (AvgIpc) is 3.26. The fourth-order valence-corrected chi connectivity index (χ4v) is 1.62. The number of rotatable bonds is 8. The molecule has 0 bridgehead atoms. The first-order valence-corrected chi connectivity index (χ1v) is 6.67. The van der Waals surface area contributed by atoms with Gasteiger partial charge in [0, 0.05) is 44.2 Å². The van der Waals surface area contributed by atoms with Crippen LogP contribution in [0.25, 0.3) is 6.08 Å². The first kappa shape index (κ1) is 14.5. The number of ether oxygens (including phenoxy) is 1. The van der Waals surface area contributed by atoms with Crippen LogP contribution in [-0.2, 0) is 9.53 Å². The van der Waals surface area contributed by atoms with Crippen molar-refractivity contribution >= 4 is 18.0 Å². The molecule has 0 unspecified atom stereocenters. The minimum Gasteiger partial charge on any atom is -0.478 e. The maximum atomic E-state index is 10.4. The van der Waals surface area contributed by atoms with Gasteiger partial charge in [0.15, 0.2) is 0 Å². The lowest BCUT2D eigenvalue weighted by atomic mass is 10.3. The zero-order valence-electron chi connectivity index (χ0n) is 11.5. The van der Waals surface area contributed by atoms with Gasteiger partial charge in [-0.1, -0.05) is 0 Å². The van der Waals surface area contributed by atoms with Crippen LogP contribution in [0.5, 0.6) is 0 Å². The van der Waals surface area contributed by atoms with Gasteiger partial charge in [0.1, 0.15) is 0 Å². The van der Waals surface area contributed by atoms with Gasteiger partial charge in [-0.25, -0.2) is 14.8 Å². The van der Waals surface area contributed by atoms with Crippen LogP contribution in [0.15, 0.2) is 18.5 Å². The normalized spacial score (nSPS) is 14.7. The van der Waals surface area contributed by atoms with Gasteiger partial charge in [-0.05, 0) is 24.8 Å². The summed E-state index contributed by atoms with van der Waals surface area (Å²) in [5, 5.41) is 8.53. The third-order valence-electron chi connectivity index (χ3n) is 3.04. The Kier molecular flexibility index (Phi) is 5.06. The summed E-state index contributed by atoms with van der Waals surface area (Å²) in [7, 11) is 1.91. The van der Waals surface area contributed by atoms with Crippen LogP contribution in [0.4, 0.5) is 5.95 Å². The van der Waals surface area contributed by atoms with Crippen molar-refractivity contribution in [3.63, 3.8) is 0 Å². The molecule has 0 aliphatic heterocycles. The standard InChI is InChI=1S/C14H19N3O3/c1-17(6-7-20-10-11-2-3-11)14-15-8-12(9-16-14)4-5-13(18)19/h4-5,8-9,11H,2-3,6-7,10H2,1H3,(H,18,19)/b5-4+. The Bertz CT molecular complexity index is 469. The van der Waals surface area contributed by atoms with Gasteiger partial charge < -0.3 is 14.7 Å². The number of hydrogen-bond acceptors (Lipinski definition) is 5. The van der Waals surface area contributed by atoms with Gasteiger partial charge in [0.2, 0.25) is 5.95 Å². The van der Waals surface area contributed by atoms with Crippen molar-refractivity contribution in [1.82, 2.24) is 9.97 Å². The molecule has 0 saturated heterocycles. The fourth-order valence-electron chi connectivity index (χ4n) is 1.62. The molecule has 0 atom stereocenters. The smallest absolute Gasteiger partial charge is 0.328 e. The third kappa shape index (κ3) is 4.97. The van der Waals surface area contributed by atoms with E-state index in [1.54, 1.807) is 12.4 Å². The average molecular weight is 277 g/mol. The Hall–Kier alpha value is -1.95. The van der Waals surface area contributed by atoms with E-state index in [1.807, 2.05) is 11.9 Å². The molecule has 108 valence electrons. The van der Waals surface area contributed by atoms with Crippen molar-refractivity contribution in [1.29, 1.82) is 0 Å². The van der Waals surface area contributed by atoms with E-state index in [-0.39, 0.29) is 0 Å². The molecular weight excluding hydrogens is 258 g/mol. The highest BCUT2D eigenvalue weighted by molar-refractivity contribution is 5.85. The van der Waals surface area contributed by atoms with E-state index in [2.05, 4.69) is 9.97 Å². The van der Waals surface area contributed by atoms with Crippen LogP contribution >= 0.6 is 0 Å². The largest absolute Gasteiger partial charge is 0.478 e. The zero-order chi connectivity index (χ0) is 14.4. The number of aromatic nitrogens is 2. The number of hydrogen-bond donors (Lipinski definition) is 1. The summed E-state index contributed by atoms with van der Waals surface area (Å²) in [5.41, 5.74) is 0.662. The van der Waals surface area contributed by atoms with E-state index in [4.69, 9.17) is 9.84 Å². The molecule has 0 amide bonds. The number of anilines is 1. The van der Waals surface area contributed by atoms with Crippen LogP contribution in [0.3, 0.4) is 0 Å². The quantitative estimate of drug-likeness (QED) is 0.572. The second-order valence-electron chi connectivity index (χ2n) is 4.93. The van der Waals surface area contributed by atoms with E-state index in [0.717, 1.165) is 25.1 Å². The van der Waals surface area contributed by atoms with Crippen molar-refractivity contribution < 1.29 is 14.6 Å². The first-order chi connectivity index (χ1) is 9.65. The van der Waals surface area contributed by atoms with Gasteiger partial charge in [-0.3, -0.25) is 0 Å². The molecular formula is C14H19N3O3. The Labute approximate surface area is 118 Å². The van der Waals surface area contributed by atoms with Crippen LogP contribution in [0.2, 0.25) is 0 Å². The number of aliphatic carboxylic acids is 1. The number of likely N-dealkylation sites (N-methyl/N-ethyl adjacent to an activating group) is 1. The van der Waals surface area contributed by atoms with E-state index in [9.17, 15) is 4.79 Å². The maximum Gasteiger partial charge on any atom is 0.328 e. The molecule has 1 aromatic heterocycles. The number of nitrogens with zero attached hydrogens (tertiary/aromatic N) is 3. The monoisotopic (exact) mass is 277 g/mol. The molecule has 0 spiro atoms. The van der Waals surface area contributed by atoms with Gasteiger partial charge in [-0.15, -0.1) is 0 Å². The molecule has 0 aromatic carbocycles. The predicted molar refractivity (Wildman–Crippen MR) is 75.5 cm³/mol. The van der Waals surface area contributed by atoms with Gasteiger partial charge in [0.05, 0.1) is 6.61 Å². The lowest BCUT2D eigenvalue weighted by Gasteiger charge is -2.16. The molecule has 1 aliphatic rings. The summed E-state index contributed by atoms with van der Waals surface area (Å²) >= 11 is 0. The van der Waals surface area contributed by atoms with Crippen LogP contribution in [0, 0.1) is 5.92 Å². The maximum absolute atomic E-state index is 10.4. The molecule has 1 aromatic rings. The highest BCUT2D eigenvalue weighted by Crippen LogP contribution is 2.28. The summed E-state index contributed by atoms with van der Waals surface area (Å²) in [6.45, 7) is 2.25. The molecule has 1 heterocycles. The van der Waals surface area contributed by atoms with Crippen molar-refractivity contribution in [2.24, 2.45) is 5.92 Å². The SMILES string of the molecule is CN(CCOCC1CC1)c1ncc(/C=C/C(=O)O)cn1. The molecule has 1 fully saturated rings. The van der Waals surface area contributed by atoms with E-state index in [1.165, 1.54) is 18.9 Å². The molecule has 6 nitrogen and oxygen atoms in total. The second kappa shape index (κ2) is 7.00. The topological polar surface area (TPSA) is 75.5 Å². The third-order valence-corrected chi connectivity index (χ3v) is 3.04. The Morgan fingerprint density at radius 2 is 2.20 bits per heavy atom. The van der Waals surface area contributed by atoms with Gasteiger partial charge >= 0.3 is 5.97 Å². The highest BCUT2D eigenvalue weighted by atomic mass is 16.5. The van der Waals surface area contributed by atoms with Gasteiger partial charge in [-0.2, -0.15) is 0 Å². The second-order valence-corrected chi connectivity index (χ2v) is 4.93. The highest BCUT2D eigenvalue weighted by Gasteiger charge is 2.21. The molecule has 1 N–H and O–H groups in total. The van der Waals surface area contributed by atoms with Crippen molar-refractivity contribution in [3.8, 4) is 0 Å². The molecule has 1 saturated carbocycles. The van der Waals surface area contributed by atoms with E-state index < -0.39 is 5.97 Å². The minimum absolute atomic E-state index is 0.604. The summed E-state index contributed by atoms with van der Waals surface area (Å²) in [6.07, 6.45) is 8.32. The number of carboxylic acids is 1. The van der Waals surface area contributed by atoms with Crippen LogP contribution in [-0.4, -0.2) is 47.8 Å². The molecule has 6 heteroatoms. The summed E-state index contributed by atoms with van der Waals surface area (Å²) in [5.74, 6) is 0.392. The van der Waals surface area contributed by atoms with Gasteiger partial charge in [0.25, 0.3) is 0 Å². The minimum atomic E-state index is -0.987.